The number of benzene rings is 1. The molecular weight excluding hydrogens is 194 g/mol. The molecule has 15 heavy (non-hydrogen) atoms. The van der Waals surface area contributed by atoms with Crippen LogP contribution in [0.2, 0.25) is 0 Å². The number of fused-ring (bicyclic) bond motifs is 1. The monoisotopic (exact) mass is 207 g/mol. The van der Waals surface area contributed by atoms with Gasteiger partial charge in [0.15, 0.2) is 0 Å². The van der Waals surface area contributed by atoms with Crippen molar-refractivity contribution in [2.75, 3.05) is 13.7 Å². The van der Waals surface area contributed by atoms with Crippen LogP contribution in [0.3, 0.4) is 0 Å². The molecule has 0 aliphatic carbocycles. The number of hydrogen-bond donors (Lipinski definition) is 1. The topological polar surface area (TPSA) is 47.6 Å². The van der Waals surface area contributed by atoms with Gasteiger partial charge in [-0.1, -0.05) is 0 Å². The number of methoxy groups -OCH3 is 1. The van der Waals surface area contributed by atoms with Gasteiger partial charge in [-0.05, 0) is 25.1 Å². The molecule has 4 heteroatoms. The van der Waals surface area contributed by atoms with Crippen molar-refractivity contribution < 1.29 is 14.3 Å². The van der Waals surface area contributed by atoms with Crippen molar-refractivity contribution in [1.29, 1.82) is 0 Å². The van der Waals surface area contributed by atoms with E-state index in [9.17, 15) is 4.79 Å². The van der Waals surface area contributed by atoms with E-state index in [1.807, 2.05) is 6.92 Å². The highest BCUT2D eigenvalue weighted by Crippen LogP contribution is 2.26. The summed E-state index contributed by atoms with van der Waals surface area (Å²) in [6.07, 6.45) is -0.0106. The summed E-state index contributed by atoms with van der Waals surface area (Å²) >= 11 is 0. The molecule has 1 N–H and O–H groups in total. The number of carbonyl (C=O) groups is 1. The van der Waals surface area contributed by atoms with E-state index in [0.29, 0.717) is 23.6 Å². The maximum absolute atomic E-state index is 11.7. The second-order valence-electron chi connectivity index (χ2n) is 3.50. The van der Waals surface area contributed by atoms with E-state index < -0.39 is 0 Å². The number of ether oxygens (including phenoxy) is 2. The van der Waals surface area contributed by atoms with Gasteiger partial charge in [0.2, 0.25) is 0 Å². The zero-order valence-corrected chi connectivity index (χ0v) is 8.74. The molecule has 4 nitrogen and oxygen atoms in total. The first-order valence-corrected chi connectivity index (χ1v) is 4.83. The summed E-state index contributed by atoms with van der Waals surface area (Å²) in [5.74, 6) is 1.15. The Morgan fingerprint density at radius 3 is 3.07 bits per heavy atom. The molecule has 1 atom stereocenters. The molecular formula is C11H13NO3. The fourth-order valence-corrected chi connectivity index (χ4v) is 1.51. The third kappa shape index (κ3) is 1.88. The average Bonchev–Trinajstić information content (AvgIpc) is 2.39. The fraction of sp³-hybridized carbons (Fsp3) is 0.364. The van der Waals surface area contributed by atoms with Gasteiger partial charge in [0.25, 0.3) is 5.91 Å². The summed E-state index contributed by atoms with van der Waals surface area (Å²) in [4.78, 5) is 11.7. The highest BCUT2D eigenvalue weighted by atomic mass is 16.5. The second-order valence-corrected chi connectivity index (χ2v) is 3.50. The zero-order chi connectivity index (χ0) is 10.8. The van der Waals surface area contributed by atoms with Crippen LogP contribution in [0.25, 0.3) is 0 Å². The van der Waals surface area contributed by atoms with E-state index in [0.717, 1.165) is 0 Å². The van der Waals surface area contributed by atoms with E-state index >= 15 is 0 Å². The van der Waals surface area contributed by atoms with E-state index in [4.69, 9.17) is 9.47 Å². The fourth-order valence-electron chi connectivity index (χ4n) is 1.51. The summed E-state index contributed by atoms with van der Waals surface area (Å²) in [5, 5.41) is 2.78. The van der Waals surface area contributed by atoms with Gasteiger partial charge < -0.3 is 14.8 Å². The van der Waals surface area contributed by atoms with Gasteiger partial charge >= 0.3 is 0 Å². The Morgan fingerprint density at radius 2 is 2.33 bits per heavy atom. The lowest BCUT2D eigenvalue weighted by atomic mass is 10.2. The second kappa shape index (κ2) is 3.81. The van der Waals surface area contributed by atoms with Crippen LogP contribution >= 0.6 is 0 Å². The van der Waals surface area contributed by atoms with Crippen LogP contribution in [-0.4, -0.2) is 25.7 Å². The molecule has 0 saturated heterocycles. The first-order valence-electron chi connectivity index (χ1n) is 4.83. The summed E-state index contributed by atoms with van der Waals surface area (Å²) in [6.45, 7) is 2.44. The van der Waals surface area contributed by atoms with Crippen molar-refractivity contribution in [2.24, 2.45) is 0 Å². The van der Waals surface area contributed by atoms with E-state index in [1.165, 1.54) is 0 Å². The molecule has 2 rings (SSSR count). The number of carbonyl (C=O) groups excluding carboxylic acids is 1. The molecule has 0 fully saturated rings. The quantitative estimate of drug-likeness (QED) is 0.752. The van der Waals surface area contributed by atoms with Crippen LogP contribution in [0.4, 0.5) is 0 Å². The van der Waals surface area contributed by atoms with Gasteiger partial charge in [-0.25, -0.2) is 0 Å². The highest BCUT2D eigenvalue weighted by Gasteiger charge is 2.20. The molecule has 80 valence electrons. The van der Waals surface area contributed by atoms with Gasteiger partial charge in [0, 0.05) is 0 Å². The lowest BCUT2D eigenvalue weighted by molar-refractivity contribution is 0.0952. The SMILES string of the molecule is COc1ccc2c(c1)C(=O)NC[C@H](C)O2. The van der Waals surface area contributed by atoms with Gasteiger partial charge in [-0.2, -0.15) is 0 Å². The first kappa shape index (κ1) is 9.83. The summed E-state index contributed by atoms with van der Waals surface area (Å²) in [5.41, 5.74) is 0.527. The average molecular weight is 207 g/mol. The Hall–Kier alpha value is -1.71. The van der Waals surface area contributed by atoms with Crippen LogP contribution in [0.1, 0.15) is 17.3 Å². The molecule has 0 bridgehead atoms. The first-order chi connectivity index (χ1) is 7.20. The minimum Gasteiger partial charge on any atom is -0.497 e. The highest BCUT2D eigenvalue weighted by molar-refractivity contribution is 5.97. The Kier molecular flexibility index (Phi) is 2.49. The molecule has 0 unspecified atom stereocenters. The van der Waals surface area contributed by atoms with Crippen molar-refractivity contribution >= 4 is 5.91 Å². The summed E-state index contributed by atoms with van der Waals surface area (Å²) < 4.78 is 10.6. The minimum absolute atomic E-state index is 0.0106. The molecule has 1 aliphatic rings. The maximum atomic E-state index is 11.7. The Labute approximate surface area is 88.2 Å². The number of hydrogen-bond acceptors (Lipinski definition) is 3. The van der Waals surface area contributed by atoms with Gasteiger partial charge in [-0.3, -0.25) is 4.79 Å². The molecule has 0 spiro atoms. The van der Waals surface area contributed by atoms with Crippen LogP contribution in [0.5, 0.6) is 11.5 Å². The third-order valence-electron chi connectivity index (χ3n) is 2.31. The minimum atomic E-state index is -0.117. The lowest BCUT2D eigenvalue weighted by Crippen LogP contribution is -2.29. The molecule has 1 amide bonds. The van der Waals surface area contributed by atoms with E-state index in [-0.39, 0.29) is 12.0 Å². The summed E-state index contributed by atoms with van der Waals surface area (Å²) in [6, 6.07) is 5.22. The number of nitrogens with one attached hydrogen (secondary N) is 1. The van der Waals surface area contributed by atoms with Crippen LogP contribution in [0.15, 0.2) is 18.2 Å². The Balaban J connectivity index is 2.43. The number of rotatable bonds is 1. The van der Waals surface area contributed by atoms with Crippen molar-refractivity contribution in [3.63, 3.8) is 0 Å². The van der Waals surface area contributed by atoms with Gasteiger partial charge in [0.05, 0.1) is 19.2 Å². The molecule has 1 aliphatic heterocycles. The van der Waals surface area contributed by atoms with Crippen molar-refractivity contribution in [1.82, 2.24) is 5.32 Å². The standard InChI is InChI=1S/C11H13NO3/c1-7-6-12-11(13)9-5-8(14-2)3-4-10(9)15-7/h3-5,7H,6H2,1-2H3,(H,12,13)/t7-/m0/s1. The van der Waals surface area contributed by atoms with Crippen LogP contribution in [0, 0.1) is 0 Å². The number of amides is 1. The lowest BCUT2D eigenvalue weighted by Gasteiger charge is -2.11. The van der Waals surface area contributed by atoms with E-state index in [2.05, 4.69) is 5.32 Å². The Bertz CT molecular complexity index is 389. The maximum Gasteiger partial charge on any atom is 0.255 e. The van der Waals surface area contributed by atoms with Crippen molar-refractivity contribution in [3.8, 4) is 11.5 Å². The van der Waals surface area contributed by atoms with Crippen LogP contribution < -0.4 is 14.8 Å². The largest absolute Gasteiger partial charge is 0.497 e. The van der Waals surface area contributed by atoms with E-state index in [1.54, 1.807) is 25.3 Å². The third-order valence-corrected chi connectivity index (χ3v) is 2.31. The molecule has 0 saturated carbocycles. The molecule has 0 radical (unpaired) electrons. The predicted octanol–water partition coefficient (Wildman–Crippen LogP) is 1.21. The zero-order valence-electron chi connectivity index (χ0n) is 8.74. The van der Waals surface area contributed by atoms with Crippen molar-refractivity contribution in [2.45, 2.75) is 13.0 Å². The Morgan fingerprint density at radius 1 is 1.53 bits per heavy atom. The molecule has 1 heterocycles. The molecule has 1 aromatic rings. The molecule has 0 aromatic heterocycles. The van der Waals surface area contributed by atoms with Crippen LogP contribution in [-0.2, 0) is 0 Å². The predicted molar refractivity (Wildman–Crippen MR) is 55.4 cm³/mol. The summed E-state index contributed by atoms with van der Waals surface area (Å²) in [7, 11) is 1.57. The van der Waals surface area contributed by atoms with Gasteiger partial charge in [0.1, 0.15) is 17.6 Å². The van der Waals surface area contributed by atoms with Crippen molar-refractivity contribution in [3.05, 3.63) is 23.8 Å². The normalized spacial score (nSPS) is 19.6. The smallest absolute Gasteiger partial charge is 0.255 e. The van der Waals surface area contributed by atoms with Gasteiger partial charge in [-0.15, -0.1) is 0 Å². The molecule has 1 aromatic carbocycles.